The maximum Gasteiger partial charge on any atom is 0.225 e. The van der Waals surface area contributed by atoms with Gasteiger partial charge in [0.05, 0.1) is 6.04 Å². The summed E-state index contributed by atoms with van der Waals surface area (Å²) in [5.74, 6) is 0.159. The highest BCUT2D eigenvalue weighted by atomic mass is 19.1. The smallest absolute Gasteiger partial charge is 0.225 e. The van der Waals surface area contributed by atoms with Crippen LogP contribution in [-0.2, 0) is 4.79 Å². The average Bonchev–Trinajstić information content (AvgIpc) is 2.87. The predicted molar refractivity (Wildman–Crippen MR) is 73.4 cm³/mol. The molecule has 19 heavy (non-hydrogen) atoms. The van der Waals surface area contributed by atoms with E-state index in [0.717, 1.165) is 18.7 Å². The van der Waals surface area contributed by atoms with Crippen molar-refractivity contribution in [3.63, 3.8) is 0 Å². The topological polar surface area (TPSA) is 32.3 Å². The van der Waals surface area contributed by atoms with Gasteiger partial charge in [-0.05, 0) is 17.7 Å². The molecule has 1 aromatic rings. The second-order valence-electron chi connectivity index (χ2n) is 5.49. The van der Waals surface area contributed by atoms with Gasteiger partial charge in [-0.2, -0.15) is 0 Å². The summed E-state index contributed by atoms with van der Waals surface area (Å²) in [5, 5.41) is 3.32. The molecule has 1 fully saturated rings. The summed E-state index contributed by atoms with van der Waals surface area (Å²) in [6, 6.07) is 6.73. The van der Waals surface area contributed by atoms with Crippen LogP contribution in [-0.4, -0.2) is 37.0 Å². The summed E-state index contributed by atoms with van der Waals surface area (Å²) in [6.45, 7) is 5.44. The van der Waals surface area contributed by atoms with Crippen LogP contribution in [0.5, 0.6) is 0 Å². The molecule has 3 nitrogen and oxygen atoms in total. The molecule has 0 bridgehead atoms. The van der Waals surface area contributed by atoms with Crippen molar-refractivity contribution in [2.24, 2.45) is 5.92 Å². The van der Waals surface area contributed by atoms with Gasteiger partial charge >= 0.3 is 0 Å². The van der Waals surface area contributed by atoms with E-state index in [1.807, 2.05) is 37.9 Å². The van der Waals surface area contributed by atoms with Crippen LogP contribution in [0.15, 0.2) is 24.3 Å². The van der Waals surface area contributed by atoms with E-state index in [1.165, 1.54) is 12.1 Å². The maximum absolute atomic E-state index is 13.0. The summed E-state index contributed by atoms with van der Waals surface area (Å²) >= 11 is 0. The van der Waals surface area contributed by atoms with Crippen LogP contribution in [0.2, 0.25) is 0 Å². The minimum absolute atomic E-state index is 0.000493. The molecule has 1 N–H and O–H groups in total. The average molecular weight is 264 g/mol. The number of benzene rings is 1. The number of hydrogen-bond donors (Lipinski definition) is 1. The summed E-state index contributed by atoms with van der Waals surface area (Å²) in [7, 11) is 1.86. The zero-order chi connectivity index (χ0) is 14.0. The lowest BCUT2D eigenvalue weighted by Crippen LogP contribution is -2.43. The molecule has 1 amide bonds. The van der Waals surface area contributed by atoms with Crippen molar-refractivity contribution in [2.45, 2.75) is 25.8 Å². The van der Waals surface area contributed by atoms with Crippen molar-refractivity contribution in [3.8, 4) is 0 Å². The second kappa shape index (κ2) is 5.70. The molecular formula is C15H21FN2O. The van der Waals surface area contributed by atoms with Crippen LogP contribution in [0.4, 0.5) is 4.39 Å². The SMILES string of the molecule is CC(C)C(=O)N(C)[C@@H]1CNC[C@H]1c1ccc(F)cc1. The first kappa shape index (κ1) is 14.0. The molecule has 0 unspecified atom stereocenters. The fraction of sp³-hybridized carbons (Fsp3) is 0.533. The molecule has 0 saturated carbocycles. The molecule has 2 rings (SSSR count). The molecule has 0 aliphatic carbocycles. The largest absolute Gasteiger partial charge is 0.341 e. The van der Waals surface area contributed by atoms with Gasteiger partial charge in [0.15, 0.2) is 0 Å². The van der Waals surface area contributed by atoms with Gasteiger partial charge in [0.25, 0.3) is 0 Å². The first-order valence-corrected chi connectivity index (χ1v) is 6.73. The molecule has 1 saturated heterocycles. The fourth-order valence-electron chi connectivity index (χ4n) is 2.69. The number of rotatable bonds is 3. The Hall–Kier alpha value is -1.42. The van der Waals surface area contributed by atoms with Gasteiger partial charge in [0.1, 0.15) is 5.82 Å². The molecule has 104 valence electrons. The van der Waals surface area contributed by atoms with Crippen LogP contribution in [0.3, 0.4) is 0 Å². The first-order chi connectivity index (χ1) is 9.00. The summed E-state index contributed by atoms with van der Waals surface area (Å²) in [4.78, 5) is 13.9. The fourth-order valence-corrected chi connectivity index (χ4v) is 2.69. The molecule has 0 aromatic heterocycles. The van der Waals surface area contributed by atoms with Gasteiger partial charge in [-0.3, -0.25) is 4.79 Å². The van der Waals surface area contributed by atoms with Gasteiger partial charge in [-0.15, -0.1) is 0 Å². The van der Waals surface area contributed by atoms with Crippen LogP contribution in [0.1, 0.15) is 25.3 Å². The minimum Gasteiger partial charge on any atom is -0.341 e. The first-order valence-electron chi connectivity index (χ1n) is 6.73. The number of hydrogen-bond acceptors (Lipinski definition) is 2. The maximum atomic E-state index is 13.0. The summed E-state index contributed by atoms with van der Waals surface area (Å²) < 4.78 is 13.0. The summed E-state index contributed by atoms with van der Waals surface area (Å²) in [5.41, 5.74) is 1.08. The Morgan fingerprint density at radius 1 is 1.32 bits per heavy atom. The number of halogens is 1. The Morgan fingerprint density at radius 2 is 1.95 bits per heavy atom. The molecule has 2 atom stereocenters. The van der Waals surface area contributed by atoms with Crippen LogP contribution in [0.25, 0.3) is 0 Å². The van der Waals surface area contributed by atoms with Crippen molar-refractivity contribution in [2.75, 3.05) is 20.1 Å². The zero-order valence-corrected chi connectivity index (χ0v) is 11.7. The Balaban J connectivity index is 2.17. The standard InChI is InChI=1S/C15H21FN2O/c1-10(2)15(19)18(3)14-9-17-8-13(14)11-4-6-12(16)7-5-11/h4-7,10,13-14,17H,8-9H2,1-3H3/t13-,14+/m0/s1. The highest BCUT2D eigenvalue weighted by molar-refractivity contribution is 5.78. The lowest BCUT2D eigenvalue weighted by Gasteiger charge is -2.30. The normalized spacial score (nSPS) is 22.8. The van der Waals surface area contributed by atoms with E-state index in [-0.39, 0.29) is 29.6 Å². The molecule has 1 aliphatic rings. The number of carbonyl (C=O) groups is 1. The number of nitrogens with zero attached hydrogens (tertiary/aromatic N) is 1. The minimum atomic E-state index is -0.224. The molecule has 0 spiro atoms. The third-order valence-corrected chi connectivity index (χ3v) is 3.82. The highest BCUT2D eigenvalue weighted by Gasteiger charge is 2.34. The number of nitrogens with one attached hydrogen (secondary N) is 1. The molecular weight excluding hydrogens is 243 g/mol. The van der Waals surface area contributed by atoms with Crippen molar-refractivity contribution in [1.29, 1.82) is 0 Å². The Labute approximate surface area is 113 Å². The van der Waals surface area contributed by atoms with Crippen molar-refractivity contribution in [3.05, 3.63) is 35.6 Å². The van der Waals surface area contributed by atoms with E-state index in [9.17, 15) is 9.18 Å². The van der Waals surface area contributed by atoms with E-state index in [0.29, 0.717) is 0 Å². The van der Waals surface area contributed by atoms with E-state index in [4.69, 9.17) is 0 Å². The van der Waals surface area contributed by atoms with E-state index in [2.05, 4.69) is 5.32 Å². The van der Waals surface area contributed by atoms with Crippen molar-refractivity contribution < 1.29 is 9.18 Å². The number of amides is 1. The second-order valence-corrected chi connectivity index (χ2v) is 5.49. The molecule has 1 aliphatic heterocycles. The van der Waals surface area contributed by atoms with Gasteiger partial charge in [-0.25, -0.2) is 4.39 Å². The molecule has 0 radical (unpaired) electrons. The van der Waals surface area contributed by atoms with Gasteiger partial charge < -0.3 is 10.2 Å². The molecule has 4 heteroatoms. The van der Waals surface area contributed by atoms with Crippen LogP contribution >= 0.6 is 0 Å². The third kappa shape index (κ3) is 2.95. The quantitative estimate of drug-likeness (QED) is 0.905. The van der Waals surface area contributed by atoms with Crippen molar-refractivity contribution in [1.82, 2.24) is 10.2 Å². The Morgan fingerprint density at radius 3 is 2.53 bits per heavy atom. The summed E-state index contributed by atoms with van der Waals surface area (Å²) in [6.07, 6.45) is 0. The van der Waals surface area contributed by atoms with Crippen LogP contribution < -0.4 is 5.32 Å². The van der Waals surface area contributed by atoms with E-state index in [1.54, 1.807) is 0 Å². The van der Waals surface area contributed by atoms with Crippen molar-refractivity contribution >= 4 is 5.91 Å². The lowest BCUT2D eigenvalue weighted by molar-refractivity contribution is -0.135. The molecule has 1 aromatic carbocycles. The van der Waals surface area contributed by atoms with Gasteiger partial charge in [0.2, 0.25) is 5.91 Å². The lowest BCUT2D eigenvalue weighted by atomic mass is 9.93. The highest BCUT2D eigenvalue weighted by Crippen LogP contribution is 2.27. The predicted octanol–water partition coefficient (Wildman–Crippen LogP) is 2.00. The Kier molecular flexibility index (Phi) is 4.20. The zero-order valence-electron chi connectivity index (χ0n) is 11.7. The number of likely N-dealkylation sites (N-methyl/N-ethyl adjacent to an activating group) is 1. The van der Waals surface area contributed by atoms with Gasteiger partial charge in [-0.1, -0.05) is 26.0 Å². The number of carbonyl (C=O) groups excluding carboxylic acids is 1. The monoisotopic (exact) mass is 264 g/mol. The van der Waals surface area contributed by atoms with E-state index >= 15 is 0 Å². The van der Waals surface area contributed by atoms with E-state index < -0.39 is 0 Å². The van der Waals surface area contributed by atoms with Gasteiger partial charge in [0, 0.05) is 32.0 Å². The van der Waals surface area contributed by atoms with Crippen LogP contribution in [0, 0.1) is 11.7 Å². The molecule has 1 heterocycles. The third-order valence-electron chi connectivity index (χ3n) is 3.82. The Bertz CT molecular complexity index is 444.